The Kier molecular flexibility index (Phi) is 345. The fourth-order valence-electron chi connectivity index (χ4n) is 0. The Morgan fingerprint density at radius 3 is 0.421 bits per heavy atom. The molecule has 0 amide bonds. The van der Waals surface area contributed by atoms with Gasteiger partial charge in [0, 0.05) is 0 Å². The van der Waals surface area contributed by atoms with Gasteiger partial charge in [-0.3, -0.25) is 0 Å². The predicted molar refractivity (Wildman–Crippen MR) is 61.2 cm³/mol. The summed E-state index contributed by atoms with van der Waals surface area (Å²) in [5.74, 6) is 0. The second-order valence-electron chi connectivity index (χ2n) is 0.671. The molecule has 0 saturated carbocycles. The number of hydrogen-bond acceptors (Lipinski definition) is 15. The summed E-state index contributed by atoms with van der Waals surface area (Å²) in [7, 11) is 0. The Labute approximate surface area is 118 Å². The molecule has 0 saturated heterocycles. The summed E-state index contributed by atoms with van der Waals surface area (Å²) in [4.78, 5) is 24.8. The van der Waals surface area contributed by atoms with E-state index in [9.17, 15) is 0 Å². The van der Waals surface area contributed by atoms with Crippen LogP contribution in [0.2, 0.25) is 0 Å². The van der Waals surface area contributed by atoms with Crippen molar-refractivity contribution in [3.63, 3.8) is 0 Å². The minimum absolute atomic E-state index is 0. The van der Waals surface area contributed by atoms with Gasteiger partial charge >= 0.3 is 19.5 Å². The zero-order chi connectivity index (χ0) is 10.7. The number of rotatable bonds is 0. The molecule has 0 spiro atoms. The van der Waals surface area contributed by atoms with Crippen LogP contribution in [0.4, 0.5) is 0 Å². The topological polar surface area (TPSA) is 409 Å². The zero-order valence-corrected chi connectivity index (χ0v) is 11.2. The van der Waals surface area contributed by atoms with E-state index in [1.165, 1.54) is 0 Å². The van der Waals surface area contributed by atoms with Crippen molar-refractivity contribution < 1.29 is 34.7 Å². The fourth-order valence-corrected chi connectivity index (χ4v) is 0. The van der Waals surface area contributed by atoms with E-state index in [1.54, 1.807) is 0 Å². The smallest absolute Gasteiger partial charge is 0.356 e. The molecule has 0 atom stereocenters. The average Bonchev–Trinajstić information content (AvgIpc) is 1.54. The minimum atomic E-state index is -1.75. The maximum atomic E-state index is 8.25. The summed E-state index contributed by atoms with van der Waals surface area (Å²) in [5, 5.41) is 44.2. The van der Waals surface area contributed by atoms with Gasteiger partial charge in [-0.05, 0) is 0 Å². The van der Waals surface area contributed by atoms with Crippen LogP contribution in [-0.4, -0.2) is 15.3 Å². The Morgan fingerprint density at radius 1 is 0.421 bits per heavy atom. The third kappa shape index (κ3) is 768. The first-order valence-corrected chi connectivity index (χ1v) is 1.64. The van der Waals surface area contributed by atoms with Gasteiger partial charge in [0.15, 0.2) is 0 Å². The number of hydrogen-bond donors (Lipinski definition) is 6. The van der Waals surface area contributed by atoms with Crippen LogP contribution in [0.25, 0.3) is 0 Å². The van der Waals surface area contributed by atoms with Crippen LogP contribution < -0.4 is 36.9 Å². The van der Waals surface area contributed by atoms with Crippen molar-refractivity contribution in [2.45, 2.75) is 0 Å². The first-order chi connectivity index (χ1) is 5.20. The summed E-state index contributed by atoms with van der Waals surface area (Å²) in [6.07, 6.45) is 0. The van der Waals surface area contributed by atoms with Gasteiger partial charge in [-0.25, -0.2) is 0 Å². The van der Waals surface area contributed by atoms with Crippen molar-refractivity contribution in [1.82, 2.24) is 36.9 Å². The molecule has 19 heavy (non-hydrogen) atoms. The molecule has 0 radical (unpaired) electrons. The Hall–Kier alpha value is -2.02. The van der Waals surface area contributed by atoms with Gasteiger partial charge in [0.2, 0.25) is 0 Å². The van der Waals surface area contributed by atoms with E-state index in [0.29, 0.717) is 0 Å². The molecule has 126 valence electrons. The SMILES string of the molecule is N.N.N.N.N.N.O=[N+]([O-])[O-].O=[N+]([O-])[O-].O=[N+]([O-])[O-].[Rh+3]. The van der Waals surface area contributed by atoms with Crippen LogP contribution >= 0.6 is 0 Å². The van der Waals surface area contributed by atoms with Crippen LogP contribution in [0, 0.1) is 46.0 Å². The van der Waals surface area contributed by atoms with E-state index in [-0.39, 0.29) is 56.4 Å². The van der Waals surface area contributed by atoms with Gasteiger partial charge in [-0.1, -0.05) is 0 Å². The van der Waals surface area contributed by atoms with Crippen LogP contribution in [0.5, 0.6) is 0 Å². The summed E-state index contributed by atoms with van der Waals surface area (Å²) in [6.45, 7) is 0. The summed E-state index contributed by atoms with van der Waals surface area (Å²) in [6, 6.07) is 0. The minimum Gasteiger partial charge on any atom is -0.356 e. The Bertz CT molecular complexity index is 121. The Balaban J connectivity index is -0.00000000675. The molecule has 0 aromatic carbocycles. The molecular weight excluding hydrogens is 373 g/mol. The van der Waals surface area contributed by atoms with Gasteiger partial charge in [-0.15, -0.1) is 0 Å². The molecule has 0 aliphatic rings. The zero-order valence-electron chi connectivity index (χ0n) is 9.59. The monoisotopic (exact) mass is 391 g/mol. The van der Waals surface area contributed by atoms with Crippen molar-refractivity contribution in [1.29, 1.82) is 0 Å². The van der Waals surface area contributed by atoms with Crippen LogP contribution in [0.15, 0.2) is 0 Å². The molecule has 0 unspecified atom stereocenters. The molecule has 0 aliphatic heterocycles. The summed E-state index contributed by atoms with van der Waals surface area (Å²) < 4.78 is 0. The third-order valence-corrected chi connectivity index (χ3v) is 0. The van der Waals surface area contributed by atoms with Crippen molar-refractivity contribution in [3.8, 4) is 0 Å². The second-order valence-corrected chi connectivity index (χ2v) is 0.671. The number of nitrogens with zero attached hydrogens (tertiary/aromatic N) is 3. The standard InChI is InChI=1S/3NO3.6H3N.Rh/c3*2-1(3)4;;;;;;;/h;;;6*1H3;/q3*-1;;;;;;;+3. The quantitative estimate of drug-likeness (QED) is 0.183. The van der Waals surface area contributed by atoms with Gasteiger partial charge < -0.3 is 82.9 Å². The molecule has 18 nitrogen and oxygen atoms in total. The van der Waals surface area contributed by atoms with E-state index in [0.717, 1.165) is 0 Å². The predicted octanol–water partition coefficient (Wildman–Crippen LogP) is 0.252. The van der Waals surface area contributed by atoms with Crippen molar-refractivity contribution in [2.24, 2.45) is 0 Å². The normalized spacial score (nSPS) is 3.79. The summed E-state index contributed by atoms with van der Waals surface area (Å²) >= 11 is 0. The molecule has 0 aliphatic carbocycles. The van der Waals surface area contributed by atoms with Crippen LogP contribution in [0.3, 0.4) is 0 Å². The molecule has 0 fully saturated rings. The fraction of sp³-hybridized carbons (Fsp3) is 0. The molecule has 0 bridgehead atoms. The second kappa shape index (κ2) is 73.6. The maximum Gasteiger partial charge on any atom is 3.00 e. The van der Waals surface area contributed by atoms with Gasteiger partial charge in [0.1, 0.15) is 0 Å². The molecule has 0 aromatic heterocycles. The molecule has 18 N–H and O–H groups in total. The van der Waals surface area contributed by atoms with Crippen LogP contribution in [-0.2, 0) is 19.5 Å². The average molecular weight is 391 g/mol. The van der Waals surface area contributed by atoms with E-state index in [1.807, 2.05) is 0 Å². The van der Waals surface area contributed by atoms with Crippen molar-refractivity contribution >= 4 is 0 Å². The van der Waals surface area contributed by atoms with E-state index in [2.05, 4.69) is 0 Å². The van der Waals surface area contributed by atoms with Gasteiger partial charge in [0.05, 0.1) is 15.3 Å². The van der Waals surface area contributed by atoms with Crippen molar-refractivity contribution in [3.05, 3.63) is 46.0 Å². The third-order valence-electron chi connectivity index (χ3n) is 0. The van der Waals surface area contributed by atoms with E-state index < -0.39 is 15.3 Å². The van der Waals surface area contributed by atoms with Crippen LogP contribution in [0.1, 0.15) is 0 Å². The molecular formula is H18N9O9Rh. The van der Waals surface area contributed by atoms with Gasteiger partial charge in [0.25, 0.3) is 0 Å². The van der Waals surface area contributed by atoms with Gasteiger partial charge in [-0.2, -0.15) is 0 Å². The molecule has 0 heterocycles. The maximum absolute atomic E-state index is 8.25. The largest absolute Gasteiger partial charge is 3.00 e. The Morgan fingerprint density at radius 2 is 0.421 bits per heavy atom. The molecule has 19 heteroatoms. The molecule has 0 rings (SSSR count). The summed E-state index contributed by atoms with van der Waals surface area (Å²) in [5.41, 5.74) is 0. The first kappa shape index (κ1) is 89.0. The van der Waals surface area contributed by atoms with Crippen molar-refractivity contribution in [2.75, 3.05) is 0 Å². The first-order valence-electron chi connectivity index (χ1n) is 1.64. The van der Waals surface area contributed by atoms with E-state index >= 15 is 0 Å². The van der Waals surface area contributed by atoms with E-state index in [4.69, 9.17) is 46.0 Å². The molecule has 0 aromatic rings.